The molecule has 11 heavy (non-hydrogen) atoms. The lowest BCUT2D eigenvalue weighted by Crippen LogP contribution is -2.37. The van der Waals surface area contributed by atoms with Crippen molar-refractivity contribution in [3.8, 4) is 0 Å². The first-order valence-electron chi connectivity index (χ1n) is 4.66. The van der Waals surface area contributed by atoms with E-state index in [4.69, 9.17) is 5.73 Å². The first-order chi connectivity index (χ1) is 5.25. The summed E-state index contributed by atoms with van der Waals surface area (Å²) in [7, 11) is 2.21. The molecular weight excluding hydrogens is 136 g/mol. The molecule has 0 spiro atoms. The fourth-order valence-electron chi connectivity index (χ4n) is 1.89. The molecule has 1 heterocycles. The van der Waals surface area contributed by atoms with E-state index in [2.05, 4.69) is 18.9 Å². The Morgan fingerprint density at radius 2 is 2.18 bits per heavy atom. The summed E-state index contributed by atoms with van der Waals surface area (Å²) in [5, 5.41) is 0. The van der Waals surface area contributed by atoms with E-state index in [-0.39, 0.29) is 0 Å². The van der Waals surface area contributed by atoms with Gasteiger partial charge in [-0.3, -0.25) is 0 Å². The third-order valence-corrected chi connectivity index (χ3v) is 3.02. The van der Waals surface area contributed by atoms with Crippen LogP contribution in [0, 0.1) is 5.92 Å². The van der Waals surface area contributed by atoms with E-state index in [9.17, 15) is 0 Å². The molecule has 1 aliphatic rings. The van der Waals surface area contributed by atoms with Crippen LogP contribution in [0.3, 0.4) is 0 Å². The Labute approximate surface area is 69.8 Å². The van der Waals surface area contributed by atoms with Crippen LogP contribution in [0.1, 0.15) is 26.2 Å². The molecule has 0 bridgehead atoms. The monoisotopic (exact) mass is 156 g/mol. The van der Waals surface area contributed by atoms with Crippen LogP contribution in [0.4, 0.5) is 0 Å². The highest BCUT2D eigenvalue weighted by Gasteiger charge is 2.21. The summed E-state index contributed by atoms with van der Waals surface area (Å²) in [4.78, 5) is 2.44. The number of rotatable bonds is 1. The molecule has 2 heteroatoms. The first-order valence-corrected chi connectivity index (χ1v) is 4.66. The van der Waals surface area contributed by atoms with Gasteiger partial charge in [-0.15, -0.1) is 0 Å². The molecule has 0 unspecified atom stereocenters. The second-order valence-corrected chi connectivity index (χ2v) is 3.71. The van der Waals surface area contributed by atoms with E-state index >= 15 is 0 Å². The lowest BCUT2D eigenvalue weighted by atomic mass is 9.96. The van der Waals surface area contributed by atoms with Gasteiger partial charge >= 0.3 is 0 Å². The molecule has 1 saturated heterocycles. The third kappa shape index (κ3) is 2.17. The molecule has 0 aromatic rings. The Balaban J connectivity index is 2.49. The molecule has 2 N–H and O–H groups in total. The number of nitrogens with two attached hydrogens (primary N) is 1. The van der Waals surface area contributed by atoms with E-state index in [1.807, 2.05) is 0 Å². The van der Waals surface area contributed by atoms with Gasteiger partial charge in [0.05, 0.1) is 0 Å². The number of nitrogens with zero attached hydrogens (tertiary/aromatic N) is 1. The molecule has 2 atom stereocenters. The van der Waals surface area contributed by atoms with Gasteiger partial charge in [0.25, 0.3) is 0 Å². The Kier molecular flexibility index (Phi) is 3.34. The number of hydrogen-bond donors (Lipinski definition) is 1. The SMILES string of the molecule is C[C@@H]1[C@@H](CN)CCCCN1C. The summed E-state index contributed by atoms with van der Waals surface area (Å²) < 4.78 is 0. The Bertz CT molecular complexity index is 114. The molecule has 0 radical (unpaired) electrons. The van der Waals surface area contributed by atoms with Crippen molar-refractivity contribution in [2.45, 2.75) is 32.2 Å². The van der Waals surface area contributed by atoms with Crippen LogP contribution in [0.25, 0.3) is 0 Å². The summed E-state index contributed by atoms with van der Waals surface area (Å²) in [6, 6.07) is 0.683. The highest BCUT2D eigenvalue weighted by atomic mass is 15.1. The van der Waals surface area contributed by atoms with Gasteiger partial charge in [-0.2, -0.15) is 0 Å². The van der Waals surface area contributed by atoms with Crippen LogP contribution in [0.2, 0.25) is 0 Å². The first kappa shape index (κ1) is 9.01. The van der Waals surface area contributed by atoms with Crippen molar-refractivity contribution in [1.29, 1.82) is 0 Å². The summed E-state index contributed by atoms with van der Waals surface area (Å²) in [5.41, 5.74) is 5.70. The maximum atomic E-state index is 5.70. The van der Waals surface area contributed by atoms with Gasteiger partial charge in [0.15, 0.2) is 0 Å². The Morgan fingerprint density at radius 3 is 2.82 bits per heavy atom. The molecule has 0 aromatic heterocycles. The standard InChI is InChI=1S/C9H20N2/c1-8-9(7-10)5-3-4-6-11(8)2/h8-9H,3-7,10H2,1-2H3/t8-,9-/m1/s1. The minimum Gasteiger partial charge on any atom is -0.330 e. The average molecular weight is 156 g/mol. The topological polar surface area (TPSA) is 29.3 Å². The van der Waals surface area contributed by atoms with Crippen LogP contribution < -0.4 is 5.73 Å². The van der Waals surface area contributed by atoms with Gasteiger partial charge in [0, 0.05) is 6.04 Å². The van der Waals surface area contributed by atoms with Crippen molar-refractivity contribution in [3.05, 3.63) is 0 Å². The lowest BCUT2D eigenvalue weighted by molar-refractivity contribution is 0.211. The normalized spacial score (nSPS) is 35.2. The summed E-state index contributed by atoms with van der Waals surface area (Å²) in [6.07, 6.45) is 4.02. The smallest absolute Gasteiger partial charge is 0.0104 e. The van der Waals surface area contributed by atoms with Gasteiger partial charge in [0.1, 0.15) is 0 Å². The van der Waals surface area contributed by atoms with Gasteiger partial charge in [0.2, 0.25) is 0 Å². The van der Waals surface area contributed by atoms with Crippen molar-refractivity contribution in [1.82, 2.24) is 4.90 Å². The van der Waals surface area contributed by atoms with Gasteiger partial charge in [-0.05, 0) is 45.8 Å². The minimum atomic E-state index is 0.683. The Hall–Kier alpha value is -0.0800. The van der Waals surface area contributed by atoms with Gasteiger partial charge in [-0.25, -0.2) is 0 Å². The number of likely N-dealkylation sites (tertiary alicyclic amines) is 1. The van der Waals surface area contributed by atoms with Crippen LogP contribution >= 0.6 is 0 Å². The quantitative estimate of drug-likeness (QED) is 0.615. The molecule has 2 nitrogen and oxygen atoms in total. The predicted molar refractivity (Wildman–Crippen MR) is 48.5 cm³/mol. The minimum absolute atomic E-state index is 0.683. The van der Waals surface area contributed by atoms with Crippen LogP contribution in [0.5, 0.6) is 0 Å². The second kappa shape index (κ2) is 4.07. The fourth-order valence-corrected chi connectivity index (χ4v) is 1.89. The van der Waals surface area contributed by atoms with Gasteiger partial charge in [-0.1, -0.05) is 6.42 Å². The molecule has 1 fully saturated rings. The van der Waals surface area contributed by atoms with Crippen molar-refractivity contribution < 1.29 is 0 Å². The van der Waals surface area contributed by atoms with E-state index in [1.165, 1.54) is 25.8 Å². The predicted octanol–water partition coefficient (Wildman–Crippen LogP) is 1.07. The Morgan fingerprint density at radius 1 is 1.45 bits per heavy atom. The zero-order valence-corrected chi connectivity index (χ0v) is 7.71. The molecule has 0 saturated carbocycles. The van der Waals surface area contributed by atoms with Crippen LogP contribution in [-0.2, 0) is 0 Å². The molecule has 0 amide bonds. The van der Waals surface area contributed by atoms with Crippen molar-refractivity contribution >= 4 is 0 Å². The van der Waals surface area contributed by atoms with Gasteiger partial charge < -0.3 is 10.6 Å². The van der Waals surface area contributed by atoms with Crippen molar-refractivity contribution in [2.75, 3.05) is 20.1 Å². The maximum absolute atomic E-state index is 5.70. The summed E-state index contributed by atoms with van der Waals surface area (Å²) >= 11 is 0. The van der Waals surface area contributed by atoms with Crippen LogP contribution in [0.15, 0.2) is 0 Å². The van der Waals surface area contributed by atoms with Crippen LogP contribution in [-0.4, -0.2) is 31.1 Å². The van der Waals surface area contributed by atoms with E-state index in [1.54, 1.807) is 0 Å². The molecule has 1 aliphatic heterocycles. The lowest BCUT2D eigenvalue weighted by Gasteiger charge is -2.27. The zero-order valence-electron chi connectivity index (χ0n) is 7.71. The van der Waals surface area contributed by atoms with E-state index < -0.39 is 0 Å². The molecule has 0 aromatic carbocycles. The second-order valence-electron chi connectivity index (χ2n) is 3.71. The molecule has 1 rings (SSSR count). The molecular formula is C9H20N2. The summed E-state index contributed by atoms with van der Waals surface area (Å²) in [6.45, 7) is 4.39. The zero-order chi connectivity index (χ0) is 8.27. The highest BCUT2D eigenvalue weighted by molar-refractivity contribution is 4.77. The van der Waals surface area contributed by atoms with E-state index in [0.717, 1.165) is 12.5 Å². The van der Waals surface area contributed by atoms with E-state index in [0.29, 0.717) is 6.04 Å². The molecule has 66 valence electrons. The van der Waals surface area contributed by atoms with Crippen molar-refractivity contribution in [2.24, 2.45) is 11.7 Å². The fraction of sp³-hybridized carbons (Fsp3) is 1.00. The third-order valence-electron chi connectivity index (χ3n) is 3.02. The number of hydrogen-bond acceptors (Lipinski definition) is 2. The average Bonchev–Trinajstić information content (AvgIpc) is 2.16. The highest BCUT2D eigenvalue weighted by Crippen LogP contribution is 2.20. The summed E-state index contributed by atoms with van der Waals surface area (Å²) in [5.74, 6) is 0.725. The molecule has 0 aliphatic carbocycles. The maximum Gasteiger partial charge on any atom is 0.0104 e. The van der Waals surface area contributed by atoms with Crippen molar-refractivity contribution in [3.63, 3.8) is 0 Å². The largest absolute Gasteiger partial charge is 0.330 e.